The zero-order valence-corrected chi connectivity index (χ0v) is 14.1. The summed E-state index contributed by atoms with van der Waals surface area (Å²) < 4.78 is 0. The quantitative estimate of drug-likeness (QED) is 0.636. The summed E-state index contributed by atoms with van der Waals surface area (Å²) in [6, 6.07) is 0. The minimum atomic E-state index is -0.561. The van der Waals surface area contributed by atoms with Crippen molar-refractivity contribution in [2.24, 2.45) is 5.73 Å². The molecule has 7 heteroatoms. The maximum atomic E-state index is 12.2. The molecule has 1 aliphatic rings. The van der Waals surface area contributed by atoms with E-state index in [4.69, 9.17) is 52.1 Å². The van der Waals surface area contributed by atoms with E-state index in [9.17, 15) is 4.79 Å². The number of hydrogen-bond donors (Lipinski definition) is 1. The summed E-state index contributed by atoms with van der Waals surface area (Å²) in [5.74, 6) is -0.0481. The molecule has 3 nitrogen and oxygen atoms in total. The molecule has 0 atom stereocenters. The van der Waals surface area contributed by atoms with Crippen LogP contribution < -0.4 is 5.73 Å². The van der Waals surface area contributed by atoms with Gasteiger partial charge in [-0.1, -0.05) is 46.4 Å². The Morgan fingerprint density at radius 1 is 1.05 bits per heavy atom. The molecular weight excluding hydrogens is 342 g/mol. The number of fused-ring (bicyclic) bond motifs is 1. The van der Waals surface area contributed by atoms with Gasteiger partial charge in [0.15, 0.2) is 0 Å². The lowest BCUT2D eigenvalue weighted by atomic mass is 10.0. The Labute approximate surface area is 137 Å². The van der Waals surface area contributed by atoms with Crippen molar-refractivity contribution in [3.8, 4) is 0 Å². The molecule has 0 saturated heterocycles. The van der Waals surface area contributed by atoms with E-state index in [1.165, 1.54) is 0 Å². The number of nitrogens with zero attached hydrogens (tertiary/aromatic N) is 1. The van der Waals surface area contributed by atoms with Gasteiger partial charge in [-0.05, 0) is 25.0 Å². The second kappa shape index (κ2) is 5.54. The van der Waals surface area contributed by atoms with Crippen molar-refractivity contribution in [2.75, 3.05) is 0 Å². The Balaban J connectivity index is 2.30. The van der Waals surface area contributed by atoms with Crippen LogP contribution in [0, 0.1) is 0 Å². The van der Waals surface area contributed by atoms with Crippen LogP contribution in [0.1, 0.15) is 31.4 Å². The second-order valence-corrected chi connectivity index (χ2v) is 7.14. The van der Waals surface area contributed by atoms with Crippen molar-refractivity contribution in [3.05, 3.63) is 31.2 Å². The van der Waals surface area contributed by atoms with Gasteiger partial charge in [-0.3, -0.25) is 4.79 Å². The predicted molar refractivity (Wildman–Crippen MR) is 83.6 cm³/mol. The molecule has 0 fully saturated rings. The van der Waals surface area contributed by atoms with Crippen molar-refractivity contribution < 1.29 is 4.79 Å². The van der Waals surface area contributed by atoms with E-state index in [0.29, 0.717) is 23.1 Å². The highest BCUT2D eigenvalue weighted by Crippen LogP contribution is 2.44. The van der Waals surface area contributed by atoms with Crippen LogP contribution >= 0.6 is 46.4 Å². The fourth-order valence-corrected chi connectivity index (χ4v) is 3.22. The monoisotopic (exact) mass is 354 g/mol. The smallest absolute Gasteiger partial charge is 0.224 e. The topological polar surface area (TPSA) is 46.3 Å². The molecule has 110 valence electrons. The van der Waals surface area contributed by atoms with Crippen molar-refractivity contribution >= 4 is 52.3 Å². The molecule has 0 spiro atoms. The van der Waals surface area contributed by atoms with Crippen molar-refractivity contribution in [1.82, 2.24) is 4.90 Å². The Hall–Kier alpha value is -0.190. The van der Waals surface area contributed by atoms with Crippen LogP contribution in [0.4, 0.5) is 0 Å². The van der Waals surface area contributed by atoms with Crippen molar-refractivity contribution in [1.29, 1.82) is 0 Å². The first-order valence-electron chi connectivity index (χ1n) is 6.02. The van der Waals surface area contributed by atoms with Crippen LogP contribution in [0.2, 0.25) is 20.1 Å². The van der Waals surface area contributed by atoms with Gasteiger partial charge in [-0.25, -0.2) is 0 Å². The van der Waals surface area contributed by atoms with Gasteiger partial charge >= 0.3 is 0 Å². The number of halogens is 4. The molecule has 0 aromatic heterocycles. The summed E-state index contributed by atoms with van der Waals surface area (Å²) in [5, 5.41) is 1.17. The molecule has 0 bridgehead atoms. The van der Waals surface area contributed by atoms with Gasteiger partial charge in [0.05, 0.1) is 20.1 Å². The third-order valence-corrected chi connectivity index (χ3v) is 5.01. The lowest BCUT2D eigenvalue weighted by Crippen LogP contribution is -2.39. The van der Waals surface area contributed by atoms with Crippen molar-refractivity contribution in [2.45, 2.75) is 38.9 Å². The van der Waals surface area contributed by atoms with Gasteiger partial charge < -0.3 is 10.6 Å². The Kier molecular flexibility index (Phi) is 4.49. The van der Waals surface area contributed by atoms with E-state index in [0.717, 1.165) is 11.1 Å². The number of amides is 1. The SMILES string of the molecule is CC(C)(N)CC(=O)N1Cc2c(Cl)c(Cl)c(Cl)c(Cl)c2C1. The first kappa shape index (κ1) is 16.2. The minimum absolute atomic E-state index is 0.0481. The molecule has 2 rings (SSSR count). The normalized spacial score (nSPS) is 14.7. The third kappa shape index (κ3) is 3.02. The van der Waals surface area contributed by atoms with Gasteiger partial charge in [0, 0.05) is 25.0 Å². The lowest BCUT2D eigenvalue weighted by molar-refractivity contribution is -0.132. The maximum absolute atomic E-state index is 12.2. The van der Waals surface area contributed by atoms with E-state index in [1.807, 2.05) is 13.8 Å². The van der Waals surface area contributed by atoms with Crippen LogP contribution in [-0.2, 0) is 17.9 Å². The lowest BCUT2D eigenvalue weighted by Gasteiger charge is -2.22. The molecule has 1 heterocycles. The van der Waals surface area contributed by atoms with E-state index in [-0.39, 0.29) is 22.4 Å². The largest absolute Gasteiger partial charge is 0.334 e. The summed E-state index contributed by atoms with van der Waals surface area (Å²) >= 11 is 24.4. The molecule has 1 aromatic carbocycles. The van der Waals surface area contributed by atoms with Crippen LogP contribution in [-0.4, -0.2) is 16.3 Å². The zero-order valence-electron chi connectivity index (χ0n) is 11.1. The Morgan fingerprint density at radius 2 is 1.45 bits per heavy atom. The number of hydrogen-bond acceptors (Lipinski definition) is 2. The van der Waals surface area contributed by atoms with Crippen LogP contribution in [0.5, 0.6) is 0 Å². The third-order valence-electron chi connectivity index (χ3n) is 3.13. The standard InChI is InChI=1S/C13H14Cl4N2O/c1-13(2,18)3-8(20)19-4-6-7(5-19)10(15)12(17)11(16)9(6)14/h3-5,18H2,1-2H3. The molecule has 0 unspecified atom stereocenters. The average Bonchev–Trinajstić information content (AvgIpc) is 2.77. The molecule has 1 aliphatic heterocycles. The highest BCUT2D eigenvalue weighted by molar-refractivity contribution is 6.52. The van der Waals surface area contributed by atoms with E-state index >= 15 is 0 Å². The zero-order chi connectivity index (χ0) is 15.2. The first-order chi connectivity index (χ1) is 9.11. The predicted octanol–water partition coefficient (Wildman–Crippen LogP) is 4.27. The fourth-order valence-electron chi connectivity index (χ4n) is 2.17. The Bertz CT molecular complexity index is 544. The van der Waals surface area contributed by atoms with E-state index in [2.05, 4.69) is 0 Å². The van der Waals surface area contributed by atoms with Gasteiger partial charge in [-0.2, -0.15) is 0 Å². The van der Waals surface area contributed by atoms with E-state index < -0.39 is 5.54 Å². The highest BCUT2D eigenvalue weighted by Gasteiger charge is 2.32. The summed E-state index contributed by atoms with van der Waals surface area (Å²) in [6.07, 6.45) is 0.248. The molecule has 1 aromatic rings. The fraction of sp³-hybridized carbons (Fsp3) is 0.462. The number of benzene rings is 1. The number of carbonyl (C=O) groups is 1. The number of rotatable bonds is 2. The Morgan fingerprint density at radius 3 is 1.80 bits per heavy atom. The second-order valence-electron chi connectivity index (χ2n) is 5.63. The molecule has 20 heavy (non-hydrogen) atoms. The summed E-state index contributed by atoms with van der Waals surface area (Å²) in [4.78, 5) is 13.9. The summed E-state index contributed by atoms with van der Waals surface area (Å²) in [6.45, 7) is 4.36. The van der Waals surface area contributed by atoms with Gasteiger partial charge in [-0.15, -0.1) is 0 Å². The first-order valence-corrected chi connectivity index (χ1v) is 7.53. The highest BCUT2D eigenvalue weighted by atomic mass is 35.5. The molecular formula is C13H14Cl4N2O. The molecule has 1 amide bonds. The summed E-state index contributed by atoms with van der Waals surface area (Å²) in [7, 11) is 0. The number of carbonyl (C=O) groups excluding carboxylic acids is 1. The maximum Gasteiger partial charge on any atom is 0.224 e. The van der Waals surface area contributed by atoms with Crippen LogP contribution in [0.25, 0.3) is 0 Å². The molecule has 0 aliphatic carbocycles. The van der Waals surface area contributed by atoms with Gasteiger partial charge in [0.25, 0.3) is 0 Å². The number of nitrogens with two attached hydrogens (primary N) is 1. The van der Waals surface area contributed by atoms with Crippen molar-refractivity contribution in [3.63, 3.8) is 0 Å². The van der Waals surface area contributed by atoms with Gasteiger partial charge in [0.1, 0.15) is 0 Å². The van der Waals surface area contributed by atoms with Gasteiger partial charge in [0.2, 0.25) is 5.91 Å². The molecule has 0 radical (unpaired) electrons. The van der Waals surface area contributed by atoms with Crippen LogP contribution in [0.15, 0.2) is 0 Å². The average molecular weight is 356 g/mol. The summed E-state index contributed by atoms with van der Waals surface area (Å²) in [5.41, 5.74) is 6.83. The van der Waals surface area contributed by atoms with E-state index in [1.54, 1.807) is 4.90 Å². The molecule has 2 N–H and O–H groups in total. The van der Waals surface area contributed by atoms with Crippen LogP contribution in [0.3, 0.4) is 0 Å². The molecule has 0 saturated carbocycles. The minimum Gasteiger partial charge on any atom is -0.334 e.